The molecule has 0 aliphatic carbocycles. The fraction of sp³-hybridized carbons (Fsp3) is 0.0667. The van der Waals surface area contributed by atoms with Gasteiger partial charge in [-0.1, -0.05) is 46.3 Å². The maximum absolute atomic E-state index is 11.9. The van der Waals surface area contributed by atoms with E-state index in [1.165, 1.54) is 6.07 Å². The van der Waals surface area contributed by atoms with E-state index < -0.39 is 11.2 Å². The molecule has 0 aliphatic rings. The number of hydrogen-bond donors (Lipinski definition) is 0. The molecule has 0 aliphatic heterocycles. The largest absolute Gasteiger partial charge is 0.457 e. The van der Waals surface area contributed by atoms with Crippen molar-refractivity contribution in [1.29, 1.82) is 0 Å². The van der Waals surface area contributed by atoms with Gasteiger partial charge in [0.25, 0.3) is 5.24 Å². The van der Waals surface area contributed by atoms with Gasteiger partial charge in [-0.2, -0.15) is 0 Å². The first kappa shape index (κ1) is 14.8. The Balaban J connectivity index is 2.11. The van der Waals surface area contributed by atoms with Gasteiger partial charge >= 0.3 is 5.97 Å². The number of ether oxygens (including phenoxy) is 1. The fourth-order valence-electron chi connectivity index (χ4n) is 1.63. The minimum atomic E-state index is -0.622. The fourth-order valence-corrected chi connectivity index (χ4v) is 2.23. The van der Waals surface area contributed by atoms with Crippen LogP contribution in [-0.4, -0.2) is 11.2 Å². The number of hydrogen-bond acceptors (Lipinski definition) is 3. The SMILES string of the molecule is O=C(Cl)c1cc(Br)cc(C(=O)OCc2ccccc2)c1. The van der Waals surface area contributed by atoms with E-state index in [1.54, 1.807) is 12.1 Å². The molecule has 20 heavy (non-hydrogen) atoms. The predicted octanol–water partition coefficient (Wildman–Crippen LogP) is 4.19. The molecule has 0 spiro atoms. The zero-order chi connectivity index (χ0) is 14.5. The van der Waals surface area contributed by atoms with Crippen molar-refractivity contribution in [2.24, 2.45) is 0 Å². The Hall–Kier alpha value is -1.65. The summed E-state index contributed by atoms with van der Waals surface area (Å²) in [6.07, 6.45) is 0. The zero-order valence-electron chi connectivity index (χ0n) is 10.3. The average molecular weight is 354 g/mol. The summed E-state index contributed by atoms with van der Waals surface area (Å²) in [7, 11) is 0. The van der Waals surface area contributed by atoms with E-state index in [9.17, 15) is 9.59 Å². The van der Waals surface area contributed by atoms with Crippen LogP contribution >= 0.6 is 27.5 Å². The van der Waals surface area contributed by atoms with Gasteiger partial charge in [0.15, 0.2) is 0 Å². The summed E-state index contributed by atoms with van der Waals surface area (Å²) in [5.41, 5.74) is 1.41. The van der Waals surface area contributed by atoms with E-state index in [-0.39, 0.29) is 17.7 Å². The van der Waals surface area contributed by atoms with Gasteiger partial charge in [0.05, 0.1) is 5.56 Å². The van der Waals surface area contributed by atoms with Gasteiger partial charge < -0.3 is 4.74 Å². The van der Waals surface area contributed by atoms with E-state index in [4.69, 9.17) is 16.3 Å². The molecule has 0 heterocycles. The molecule has 0 aromatic heterocycles. The number of esters is 1. The highest BCUT2D eigenvalue weighted by Gasteiger charge is 2.12. The third kappa shape index (κ3) is 3.92. The van der Waals surface area contributed by atoms with Crippen LogP contribution in [0.5, 0.6) is 0 Å². The molecule has 2 aromatic carbocycles. The Kier molecular flexibility index (Phi) is 4.93. The molecular formula is C15H10BrClO3. The molecule has 5 heteroatoms. The highest BCUT2D eigenvalue weighted by Crippen LogP contribution is 2.18. The third-order valence-corrected chi connectivity index (χ3v) is 3.25. The second-order valence-corrected chi connectivity index (χ2v) is 5.32. The van der Waals surface area contributed by atoms with E-state index in [2.05, 4.69) is 15.9 Å². The highest BCUT2D eigenvalue weighted by molar-refractivity contribution is 9.10. The number of rotatable bonds is 4. The Bertz CT molecular complexity index is 641. The van der Waals surface area contributed by atoms with Gasteiger partial charge in [0.2, 0.25) is 0 Å². The van der Waals surface area contributed by atoms with Gasteiger partial charge in [0.1, 0.15) is 6.61 Å². The predicted molar refractivity (Wildman–Crippen MR) is 79.9 cm³/mol. The van der Waals surface area contributed by atoms with Gasteiger partial charge in [-0.25, -0.2) is 4.79 Å². The number of carbonyl (C=O) groups is 2. The maximum atomic E-state index is 11.9. The van der Waals surface area contributed by atoms with Crippen LogP contribution in [0.25, 0.3) is 0 Å². The highest BCUT2D eigenvalue weighted by atomic mass is 79.9. The summed E-state index contributed by atoms with van der Waals surface area (Å²) in [4.78, 5) is 23.1. The number of benzene rings is 2. The first-order chi connectivity index (χ1) is 9.56. The molecule has 0 saturated heterocycles. The molecule has 0 saturated carbocycles. The third-order valence-electron chi connectivity index (χ3n) is 2.57. The van der Waals surface area contributed by atoms with E-state index >= 15 is 0 Å². The van der Waals surface area contributed by atoms with Crippen LogP contribution in [0.3, 0.4) is 0 Å². The Morgan fingerprint density at radius 2 is 1.70 bits per heavy atom. The Labute approximate surface area is 129 Å². The molecule has 2 rings (SSSR count). The second kappa shape index (κ2) is 6.68. The van der Waals surface area contributed by atoms with Crippen LogP contribution in [0.2, 0.25) is 0 Å². The minimum absolute atomic E-state index is 0.177. The molecule has 2 aromatic rings. The van der Waals surface area contributed by atoms with Crippen LogP contribution < -0.4 is 0 Å². The molecule has 0 N–H and O–H groups in total. The number of carbonyl (C=O) groups excluding carboxylic acids is 2. The summed E-state index contributed by atoms with van der Waals surface area (Å²) in [5, 5.41) is -0.622. The van der Waals surface area contributed by atoms with Gasteiger partial charge in [-0.3, -0.25) is 4.79 Å². The van der Waals surface area contributed by atoms with Crippen LogP contribution in [0.15, 0.2) is 53.0 Å². The van der Waals surface area contributed by atoms with Gasteiger partial charge in [-0.15, -0.1) is 0 Å². The van der Waals surface area contributed by atoms with Crippen molar-refractivity contribution in [3.05, 3.63) is 69.7 Å². The molecule has 0 amide bonds. The summed E-state index contributed by atoms with van der Waals surface area (Å²) in [6.45, 7) is 0.177. The molecule has 3 nitrogen and oxygen atoms in total. The second-order valence-electron chi connectivity index (χ2n) is 4.06. The molecule has 0 fully saturated rings. The topological polar surface area (TPSA) is 43.4 Å². The smallest absolute Gasteiger partial charge is 0.338 e. The normalized spacial score (nSPS) is 10.1. The van der Waals surface area contributed by atoms with E-state index in [1.807, 2.05) is 30.3 Å². The molecule has 0 unspecified atom stereocenters. The first-order valence-electron chi connectivity index (χ1n) is 5.78. The molecule has 102 valence electrons. The van der Waals surface area contributed by atoms with Crippen LogP contribution in [0.4, 0.5) is 0 Å². The lowest BCUT2D eigenvalue weighted by Crippen LogP contribution is -2.06. The van der Waals surface area contributed by atoms with Crippen molar-refractivity contribution in [2.75, 3.05) is 0 Å². The lowest BCUT2D eigenvalue weighted by Gasteiger charge is -2.06. The molecule has 0 radical (unpaired) electrons. The summed E-state index contributed by atoms with van der Waals surface area (Å²) in [5.74, 6) is -0.505. The van der Waals surface area contributed by atoms with Crippen molar-refractivity contribution in [3.8, 4) is 0 Å². The van der Waals surface area contributed by atoms with E-state index in [0.29, 0.717) is 4.47 Å². The maximum Gasteiger partial charge on any atom is 0.338 e. The summed E-state index contributed by atoms with van der Waals surface area (Å²) < 4.78 is 5.78. The Morgan fingerprint density at radius 3 is 2.35 bits per heavy atom. The van der Waals surface area contributed by atoms with Gasteiger partial charge in [-0.05, 0) is 35.4 Å². The average Bonchev–Trinajstić information content (AvgIpc) is 2.45. The van der Waals surface area contributed by atoms with Crippen molar-refractivity contribution in [2.45, 2.75) is 6.61 Å². The Morgan fingerprint density at radius 1 is 1.05 bits per heavy atom. The van der Waals surface area contributed by atoms with Crippen molar-refractivity contribution >= 4 is 38.7 Å². The van der Waals surface area contributed by atoms with Crippen molar-refractivity contribution < 1.29 is 14.3 Å². The minimum Gasteiger partial charge on any atom is -0.457 e. The summed E-state index contributed by atoms with van der Waals surface area (Å²) >= 11 is 8.64. The monoisotopic (exact) mass is 352 g/mol. The quantitative estimate of drug-likeness (QED) is 0.611. The van der Waals surface area contributed by atoms with Gasteiger partial charge in [0, 0.05) is 10.0 Å². The van der Waals surface area contributed by atoms with E-state index in [0.717, 1.165) is 5.56 Å². The molecule has 0 bridgehead atoms. The van der Waals surface area contributed by atoms with Crippen LogP contribution in [-0.2, 0) is 11.3 Å². The lowest BCUT2D eigenvalue weighted by molar-refractivity contribution is 0.0472. The standard InChI is InChI=1S/C15H10BrClO3/c16-13-7-11(14(17)18)6-12(8-13)15(19)20-9-10-4-2-1-3-5-10/h1-8H,9H2. The summed E-state index contributed by atoms with van der Waals surface area (Å²) in [6, 6.07) is 13.9. The number of halogens is 2. The lowest BCUT2D eigenvalue weighted by atomic mass is 10.1. The molecular weight excluding hydrogens is 344 g/mol. The van der Waals surface area contributed by atoms with Crippen LogP contribution in [0.1, 0.15) is 26.3 Å². The van der Waals surface area contributed by atoms with Crippen molar-refractivity contribution in [1.82, 2.24) is 0 Å². The zero-order valence-corrected chi connectivity index (χ0v) is 12.6. The first-order valence-corrected chi connectivity index (χ1v) is 6.95. The molecule has 0 atom stereocenters. The van der Waals surface area contributed by atoms with Crippen LogP contribution in [0, 0.1) is 0 Å². The van der Waals surface area contributed by atoms with Crippen molar-refractivity contribution in [3.63, 3.8) is 0 Å².